The summed E-state index contributed by atoms with van der Waals surface area (Å²) in [5.74, 6) is 0.470. The van der Waals surface area contributed by atoms with Gasteiger partial charge < -0.3 is 4.90 Å². The lowest BCUT2D eigenvalue weighted by molar-refractivity contribution is 0.718. The number of halogens is 1. The fourth-order valence-electron chi connectivity index (χ4n) is 3.12. The first-order valence-electron chi connectivity index (χ1n) is 8.63. The molecule has 0 amide bonds. The van der Waals surface area contributed by atoms with Crippen LogP contribution in [0.1, 0.15) is 24.1 Å². The van der Waals surface area contributed by atoms with Gasteiger partial charge >= 0.3 is 0 Å². The number of hydrogen-bond donors (Lipinski definition) is 0. The Kier molecular flexibility index (Phi) is 4.63. The van der Waals surface area contributed by atoms with Gasteiger partial charge in [-0.3, -0.25) is 0 Å². The standard InChI is InChI=1S/C20H16ClN7/c1-13(27(2)20-16(11-22)19(21)24-12-25-20)15-10-17-23-8-9-28(17)26-18(15)14-6-4-3-5-7-14/h3-10,12-13H,1-2H3/t13-/m0/s1. The van der Waals surface area contributed by atoms with Crippen molar-refractivity contribution < 1.29 is 0 Å². The number of fused-ring (bicyclic) bond motifs is 1. The Labute approximate surface area is 166 Å². The predicted molar refractivity (Wildman–Crippen MR) is 107 cm³/mol. The Morgan fingerprint density at radius 2 is 1.96 bits per heavy atom. The summed E-state index contributed by atoms with van der Waals surface area (Å²) in [5.41, 5.74) is 3.79. The largest absolute Gasteiger partial charge is 0.352 e. The summed E-state index contributed by atoms with van der Waals surface area (Å²) in [7, 11) is 1.87. The third-order valence-corrected chi connectivity index (χ3v) is 5.01. The van der Waals surface area contributed by atoms with Gasteiger partial charge in [-0.25, -0.2) is 19.5 Å². The molecule has 8 heteroatoms. The minimum Gasteiger partial charge on any atom is -0.352 e. The van der Waals surface area contributed by atoms with Gasteiger partial charge in [-0.05, 0) is 13.0 Å². The van der Waals surface area contributed by atoms with E-state index in [1.165, 1.54) is 6.33 Å². The molecule has 0 saturated carbocycles. The Balaban J connectivity index is 1.86. The van der Waals surface area contributed by atoms with Crippen LogP contribution in [0.5, 0.6) is 0 Å². The van der Waals surface area contributed by atoms with E-state index in [2.05, 4.69) is 21.0 Å². The van der Waals surface area contributed by atoms with E-state index in [-0.39, 0.29) is 16.8 Å². The molecular weight excluding hydrogens is 374 g/mol. The molecule has 7 nitrogen and oxygen atoms in total. The molecular formula is C20H16ClN7. The molecule has 0 N–H and O–H groups in total. The predicted octanol–water partition coefficient (Wildman–Crippen LogP) is 3.91. The van der Waals surface area contributed by atoms with Crippen molar-refractivity contribution in [2.45, 2.75) is 13.0 Å². The lowest BCUT2D eigenvalue weighted by Crippen LogP contribution is -2.25. The van der Waals surface area contributed by atoms with Crippen LogP contribution in [-0.2, 0) is 0 Å². The molecule has 0 saturated heterocycles. The molecule has 1 aromatic carbocycles. The fraction of sp³-hybridized carbons (Fsp3) is 0.150. The summed E-state index contributed by atoms with van der Waals surface area (Å²) in [4.78, 5) is 14.4. The minimum atomic E-state index is -0.150. The minimum absolute atomic E-state index is 0.136. The van der Waals surface area contributed by atoms with Crippen molar-refractivity contribution in [3.8, 4) is 17.3 Å². The van der Waals surface area contributed by atoms with E-state index in [1.807, 2.05) is 61.5 Å². The van der Waals surface area contributed by atoms with E-state index in [4.69, 9.17) is 16.7 Å². The number of aromatic nitrogens is 5. The molecule has 3 heterocycles. The number of anilines is 1. The lowest BCUT2D eigenvalue weighted by Gasteiger charge is -2.28. The Morgan fingerprint density at radius 1 is 1.18 bits per heavy atom. The summed E-state index contributed by atoms with van der Waals surface area (Å²) in [6.07, 6.45) is 4.89. The first kappa shape index (κ1) is 17.9. The molecule has 0 spiro atoms. The first-order valence-corrected chi connectivity index (χ1v) is 9.01. The van der Waals surface area contributed by atoms with Crippen LogP contribution < -0.4 is 4.90 Å². The molecule has 138 valence electrons. The monoisotopic (exact) mass is 389 g/mol. The van der Waals surface area contributed by atoms with Gasteiger partial charge in [0.2, 0.25) is 0 Å². The molecule has 4 aromatic rings. The van der Waals surface area contributed by atoms with Crippen molar-refractivity contribution in [3.05, 3.63) is 71.4 Å². The molecule has 1 atom stereocenters. The zero-order chi connectivity index (χ0) is 19.7. The average Bonchev–Trinajstić information content (AvgIpc) is 3.19. The third-order valence-electron chi connectivity index (χ3n) is 4.72. The maximum atomic E-state index is 9.48. The van der Waals surface area contributed by atoms with Gasteiger partial charge in [0, 0.05) is 30.6 Å². The van der Waals surface area contributed by atoms with Crippen LogP contribution >= 0.6 is 11.6 Å². The smallest absolute Gasteiger partial charge is 0.153 e. The van der Waals surface area contributed by atoms with E-state index in [1.54, 1.807) is 10.7 Å². The quantitative estimate of drug-likeness (QED) is 0.492. The molecule has 0 aliphatic carbocycles. The summed E-state index contributed by atoms with van der Waals surface area (Å²) < 4.78 is 1.75. The summed E-state index contributed by atoms with van der Waals surface area (Å²) >= 11 is 6.09. The van der Waals surface area contributed by atoms with E-state index in [0.717, 1.165) is 22.5 Å². The highest BCUT2D eigenvalue weighted by atomic mass is 35.5. The van der Waals surface area contributed by atoms with Crippen molar-refractivity contribution in [2.24, 2.45) is 0 Å². The van der Waals surface area contributed by atoms with Crippen LogP contribution in [0, 0.1) is 11.3 Å². The van der Waals surface area contributed by atoms with E-state index >= 15 is 0 Å². The van der Waals surface area contributed by atoms with Crippen LogP contribution in [0.15, 0.2) is 55.1 Å². The first-order chi connectivity index (χ1) is 13.6. The molecule has 0 bridgehead atoms. The van der Waals surface area contributed by atoms with Crippen LogP contribution in [0.3, 0.4) is 0 Å². The molecule has 3 aromatic heterocycles. The van der Waals surface area contributed by atoms with Gasteiger partial charge in [0.1, 0.15) is 18.0 Å². The number of nitrogens with zero attached hydrogens (tertiary/aromatic N) is 7. The van der Waals surface area contributed by atoms with Crippen LogP contribution in [0.4, 0.5) is 5.82 Å². The van der Waals surface area contributed by atoms with Crippen molar-refractivity contribution in [2.75, 3.05) is 11.9 Å². The highest BCUT2D eigenvalue weighted by Crippen LogP contribution is 2.33. The molecule has 0 aliphatic heterocycles. The second-order valence-corrected chi connectivity index (χ2v) is 6.66. The average molecular weight is 390 g/mol. The van der Waals surface area contributed by atoms with E-state index in [9.17, 15) is 5.26 Å². The summed E-state index contributed by atoms with van der Waals surface area (Å²) in [5, 5.41) is 14.4. The maximum Gasteiger partial charge on any atom is 0.153 e. The topological polar surface area (TPSA) is 83.0 Å². The molecule has 0 radical (unpaired) electrons. The van der Waals surface area contributed by atoms with Crippen LogP contribution in [0.25, 0.3) is 16.9 Å². The van der Waals surface area contributed by atoms with Gasteiger partial charge in [0.25, 0.3) is 0 Å². The number of rotatable bonds is 4. The highest BCUT2D eigenvalue weighted by Gasteiger charge is 2.23. The number of hydrogen-bond acceptors (Lipinski definition) is 6. The fourth-order valence-corrected chi connectivity index (χ4v) is 3.29. The highest BCUT2D eigenvalue weighted by molar-refractivity contribution is 6.30. The number of benzene rings is 1. The molecule has 28 heavy (non-hydrogen) atoms. The number of nitriles is 1. The van der Waals surface area contributed by atoms with Gasteiger partial charge in [0.15, 0.2) is 16.6 Å². The van der Waals surface area contributed by atoms with E-state index in [0.29, 0.717) is 5.82 Å². The van der Waals surface area contributed by atoms with Crippen molar-refractivity contribution >= 4 is 23.1 Å². The Hall–Kier alpha value is -3.50. The molecule has 0 unspecified atom stereocenters. The van der Waals surface area contributed by atoms with Gasteiger partial charge in [-0.2, -0.15) is 10.4 Å². The van der Waals surface area contributed by atoms with Crippen molar-refractivity contribution in [3.63, 3.8) is 0 Å². The zero-order valence-corrected chi connectivity index (χ0v) is 16.0. The Bertz CT molecular complexity index is 1180. The SMILES string of the molecule is C[C@@H](c1cc2nccn2nc1-c1ccccc1)N(C)c1ncnc(Cl)c1C#N. The van der Waals surface area contributed by atoms with Crippen molar-refractivity contribution in [1.29, 1.82) is 5.26 Å². The molecule has 4 rings (SSSR count). The zero-order valence-electron chi connectivity index (χ0n) is 15.3. The lowest BCUT2D eigenvalue weighted by atomic mass is 10.0. The summed E-state index contributed by atoms with van der Waals surface area (Å²) in [6.45, 7) is 2.03. The molecule has 0 aliphatic rings. The normalized spacial score (nSPS) is 11.9. The Morgan fingerprint density at radius 3 is 2.71 bits per heavy atom. The second-order valence-electron chi connectivity index (χ2n) is 6.31. The van der Waals surface area contributed by atoms with Crippen molar-refractivity contribution in [1.82, 2.24) is 24.6 Å². The van der Waals surface area contributed by atoms with Crippen LogP contribution in [-0.4, -0.2) is 31.6 Å². The second kappa shape index (κ2) is 7.25. The van der Waals surface area contributed by atoms with Crippen LogP contribution in [0.2, 0.25) is 5.15 Å². The van der Waals surface area contributed by atoms with Gasteiger partial charge in [0.05, 0.1) is 11.7 Å². The number of imidazole rings is 1. The van der Waals surface area contributed by atoms with Gasteiger partial charge in [-0.15, -0.1) is 0 Å². The maximum absolute atomic E-state index is 9.48. The van der Waals surface area contributed by atoms with Gasteiger partial charge in [-0.1, -0.05) is 41.9 Å². The summed E-state index contributed by atoms with van der Waals surface area (Å²) in [6, 6.07) is 13.9. The molecule has 0 fully saturated rings. The third kappa shape index (κ3) is 3.04. The van der Waals surface area contributed by atoms with E-state index < -0.39 is 0 Å².